The Kier molecular flexibility index (Phi) is 8.05. The molecule has 0 aromatic heterocycles. The zero-order valence-electron chi connectivity index (χ0n) is 14.9. The molecule has 1 fully saturated rings. The van der Waals surface area contributed by atoms with Crippen LogP contribution in [-0.2, 0) is 35.1 Å². The summed E-state index contributed by atoms with van der Waals surface area (Å²) >= 11 is 3.32. The van der Waals surface area contributed by atoms with Gasteiger partial charge in [0.25, 0.3) is 0 Å². The molecule has 0 aliphatic carbocycles. The Morgan fingerprint density at radius 3 is 2.52 bits per heavy atom. The minimum atomic E-state index is -0.921. The molecule has 5 atom stereocenters. The Balaban J connectivity index is 2.26. The molecule has 0 spiro atoms. The van der Waals surface area contributed by atoms with Crippen LogP contribution in [-0.4, -0.2) is 47.9 Å². The van der Waals surface area contributed by atoms with Crippen molar-refractivity contribution in [3.05, 3.63) is 46.3 Å². The fourth-order valence-corrected chi connectivity index (χ4v) is 3.37. The summed E-state index contributed by atoms with van der Waals surface area (Å²) in [5, 5.41) is 3.02. The number of azide groups is 1. The normalized spacial score (nSPS) is 27.3. The number of esters is 2. The largest absolute Gasteiger partial charge is 0.463 e. The van der Waals surface area contributed by atoms with Gasteiger partial charge in [-0.15, -0.1) is 0 Å². The number of rotatable bonds is 7. The molecule has 10 heteroatoms. The summed E-state index contributed by atoms with van der Waals surface area (Å²) in [5.41, 5.74) is 9.80. The number of hydrogen-bond acceptors (Lipinski definition) is 7. The fraction of sp³-hybridized carbons (Fsp3) is 0.529. The quantitative estimate of drug-likeness (QED) is 0.211. The number of benzene rings is 1. The van der Waals surface area contributed by atoms with Crippen molar-refractivity contribution in [2.75, 3.05) is 6.61 Å². The van der Waals surface area contributed by atoms with Crippen molar-refractivity contribution in [3.63, 3.8) is 0 Å². The topological polar surface area (TPSA) is 120 Å². The first-order chi connectivity index (χ1) is 12.9. The highest BCUT2D eigenvalue weighted by Gasteiger charge is 2.48. The van der Waals surface area contributed by atoms with E-state index >= 15 is 0 Å². The van der Waals surface area contributed by atoms with Gasteiger partial charge in [-0.2, -0.15) is 0 Å². The monoisotopic (exact) mass is 441 g/mol. The smallest absolute Gasteiger partial charge is 0.303 e. The van der Waals surface area contributed by atoms with Crippen molar-refractivity contribution < 1.29 is 28.5 Å². The maximum absolute atomic E-state index is 11.6. The Morgan fingerprint density at radius 1 is 1.22 bits per heavy atom. The van der Waals surface area contributed by atoms with Crippen LogP contribution in [0.3, 0.4) is 0 Å². The third kappa shape index (κ3) is 6.21. The molecular weight excluding hydrogens is 422 g/mol. The van der Waals surface area contributed by atoms with E-state index in [2.05, 4.69) is 26.0 Å². The van der Waals surface area contributed by atoms with E-state index in [9.17, 15) is 9.59 Å². The maximum atomic E-state index is 11.6. The second kappa shape index (κ2) is 10.3. The Labute approximate surface area is 164 Å². The first-order valence-corrected chi connectivity index (χ1v) is 9.13. The average Bonchev–Trinajstić information content (AvgIpc) is 2.63. The maximum Gasteiger partial charge on any atom is 0.303 e. The van der Waals surface area contributed by atoms with Crippen molar-refractivity contribution in [2.24, 2.45) is 5.11 Å². The van der Waals surface area contributed by atoms with E-state index < -0.39 is 41.3 Å². The highest BCUT2D eigenvalue weighted by molar-refractivity contribution is 9.09. The lowest BCUT2D eigenvalue weighted by molar-refractivity contribution is -0.208. The van der Waals surface area contributed by atoms with Crippen LogP contribution >= 0.6 is 15.9 Å². The summed E-state index contributed by atoms with van der Waals surface area (Å²) in [5.74, 6) is -1.05. The highest BCUT2D eigenvalue weighted by Crippen LogP contribution is 2.32. The molecule has 1 aromatic rings. The van der Waals surface area contributed by atoms with Gasteiger partial charge in [0.05, 0.1) is 6.61 Å². The molecule has 0 saturated carbocycles. The highest BCUT2D eigenvalue weighted by atomic mass is 79.9. The van der Waals surface area contributed by atoms with Crippen LogP contribution in [0, 0.1) is 0 Å². The summed E-state index contributed by atoms with van der Waals surface area (Å²) < 4.78 is 22.1. The predicted molar refractivity (Wildman–Crippen MR) is 97.7 cm³/mol. The molecule has 9 nitrogen and oxygen atoms in total. The number of nitrogens with zero attached hydrogens (tertiary/aromatic N) is 3. The molecule has 0 bridgehead atoms. The van der Waals surface area contributed by atoms with Gasteiger partial charge in [-0.3, -0.25) is 9.59 Å². The van der Waals surface area contributed by atoms with Crippen LogP contribution in [0.25, 0.3) is 10.4 Å². The van der Waals surface area contributed by atoms with Crippen molar-refractivity contribution in [3.8, 4) is 0 Å². The van der Waals surface area contributed by atoms with E-state index in [4.69, 9.17) is 24.5 Å². The van der Waals surface area contributed by atoms with Gasteiger partial charge < -0.3 is 18.9 Å². The molecule has 146 valence electrons. The van der Waals surface area contributed by atoms with Gasteiger partial charge in [0.15, 0.2) is 6.10 Å². The number of carbonyl (C=O) groups is 2. The van der Waals surface area contributed by atoms with Crippen LogP contribution in [0.15, 0.2) is 35.4 Å². The average molecular weight is 442 g/mol. The number of carbonyl (C=O) groups excluding carboxylic acids is 2. The van der Waals surface area contributed by atoms with Crippen molar-refractivity contribution >= 4 is 27.9 Å². The van der Waals surface area contributed by atoms with Crippen LogP contribution in [0.2, 0.25) is 0 Å². The Bertz CT molecular complexity index is 697. The molecule has 1 saturated heterocycles. The molecule has 27 heavy (non-hydrogen) atoms. The predicted octanol–water partition coefficient (Wildman–Crippen LogP) is 2.87. The van der Waals surface area contributed by atoms with Crippen LogP contribution in [0.4, 0.5) is 0 Å². The van der Waals surface area contributed by atoms with Gasteiger partial charge in [-0.05, 0) is 11.1 Å². The summed E-state index contributed by atoms with van der Waals surface area (Å²) in [7, 11) is 0. The lowest BCUT2D eigenvalue weighted by Crippen LogP contribution is -2.58. The molecule has 5 unspecified atom stereocenters. The minimum Gasteiger partial charge on any atom is -0.463 e. The van der Waals surface area contributed by atoms with E-state index in [-0.39, 0.29) is 13.2 Å². The summed E-state index contributed by atoms with van der Waals surface area (Å²) in [4.78, 5) is 25.6. The van der Waals surface area contributed by atoms with Gasteiger partial charge in [-0.25, -0.2) is 0 Å². The molecule has 0 N–H and O–H groups in total. The van der Waals surface area contributed by atoms with Crippen molar-refractivity contribution in [2.45, 2.75) is 49.8 Å². The van der Waals surface area contributed by atoms with Crippen LogP contribution in [0.5, 0.6) is 0 Å². The molecule has 1 aliphatic rings. The van der Waals surface area contributed by atoms with E-state index in [1.165, 1.54) is 13.8 Å². The second-order valence-electron chi connectivity index (χ2n) is 5.86. The van der Waals surface area contributed by atoms with E-state index in [0.717, 1.165) is 5.56 Å². The van der Waals surface area contributed by atoms with Gasteiger partial charge in [0.2, 0.25) is 0 Å². The summed E-state index contributed by atoms with van der Waals surface area (Å²) in [6, 6.07) is 8.58. The lowest BCUT2D eigenvalue weighted by atomic mass is 9.98. The summed E-state index contributed by atoms with van der Waals surface area (Å²) in [6.07, 6.45) is -2.51. The molecular formula is C17H20BrN3O6. The molecule has 1 heterocycles. The molecule has 1 aromatic carbocycles. The van der Waals surface area contributed by atoms with Gasteiger partial charge in [0.1, 0.15) is 29.9 Å². The number of halogens is 1. The summed E-state index contributed by atoms with van der Waals surface area (Å²) in [6.45, 7) is 2.59. The van der Waals surface area contributed by atoms with Crippen molar-refractivity contribution in [1.29, 1.82) is 0 Å². The third-order valence-corrected chi connectivity index (χ3v) is 4.58. The lowest BCUT2D eigenvalue weighted by Gasteiger charge is -2.42. The standard InChI is InChI=1S/C17H20BrN3O6/c1-10(22)24-9-13-15(26-11(2)23)16(14(20-21-19)17(18)27-13)25-8-12-6-4-3-5-7-12/h3-7,13-17H,8-9H2,1-2H3. The molecule has 1 aliphatic heterocycles. The molecule has 2 rings (SSSR count). The first kappa shape index (κ1) is 21.2. The Morgan fingerprint density at radius 2 is 1.93 bits per heavy atom. The van der Waals surface area contributed by atoms with E-state index in [0.29, 0.717) is 0 Å². The van der Waals surface area contributed by atoms with Gasteiger partial charge in [-0.1, -0.05) is 51.4 Å². The van der Waals surface area contributed by atoms with E-state index in [1.807, 2.05) is 30.3 Å². The number of alkyl halides is 1. The SMILES string of the molecule is CC(=O)OCC1OC(Br)C(N=[N+]=[N-])C(OCc2ccccc2)C1OC(C)=O. The number of hydrogen-bond donors (Lipinski definition) is 0. The fourth-order valence-electron chi connectivity index (χ4n) is 2.69. The van der Waals surface area contributed by atoms with Crippen molar-refractivity contribution in [1.82, 2.24) is 0 Å². The molecule has 0 amide bonds. The second-order valence-corrected chi connectivity index (χ2v) is 6.76. The van der Waals surface area contributed by atoms with E-state index in [1.54, 1.807) is 0 Å². The molecule has 0 radical (unpaired) electrons. The van der Waals surface area contributed by atoms with Crippen LogP contribution < -0.4 is 0 Å². The zero-order chi connectivity index (χ0) is 19.8. The third-order valence-electron chi connectivity index (χ3n) is 3.82. The minimum absolute atomic E-state index is 0.135. The van der Waals surface area contributed by atoms with Gasteiger partial charge in [0, 0.05) is 18.8 Å². The van der Waals surface area contributed by atoms with Gasteiger partial charge >= 0.3 is 11.9 Å². The first-order valence-electron chi connectivity index (χ1n) is 8.22. The zero-order valence-corrected chi connectivity index (χ0v) is 16.4. The Hall–Kier alpha value is -2.13. The number of ether oxygens (including phenoxy) is 4. The van der Waals surface area contributed by atoms with Crippen LogP contribution in [0.1, 0.15) is 19.4 Å².